The first-order chi connectivity index (χ1) is 24.6. The molecule has 0 radical (unpaired) electrons. The zero-order valence-electron chi connectivity index (χ0n) is 27.7. The second kappa shape index (κ2) is 10.8. The molecule has 50 heavy (non-hydrogen) atoms. The number of furan rings is 1. The summed E-state index contributed by atoms with van der Waals surface area (Å²) in [4.78, 5) is 7.28. The van der Waals surface area contributed by atoms with Crippen molar-refractivity contribution in [2.45, 2.75) is 19.3 Å². The highest BCUT2D eigenvalue weighted by Crippen LogP contribution is 2.55. The molecule has 1 aliphatic carbocycles. The molecule has 0 atom stereocenters. The van der Waals surface area contributed by atoms with Crippen LogP contribution in [0.1, 0.15) is 25.0 Å². The molecule has 4 nitrogen and oxygen atoms in total. The lowest BCUT2D eigenvalue weighted by molar-refractivity contribution is 0.617. The van der Waals surface area contributed by atoms with E-state index in [1.54, 1.807) is 0 Å². The van der Waals surface area contributed by atoms with E-state index in [0.29, 0.717) is 11.5 Å². The second-order valence-electron chi connectivity index (χ2n) is 13.5. The highest BCUT2D eigenvalue weighted by atomic mass is 16.4. The van der Waals surface area contributed by atoms with Crippen LogP contribution in [0.2, 0.25) is 0 Å². The van der Waals surface area contributed by atoms with Gasteiger partial charge in [0.15, 0.2) is 11.2 Å². The largest absolute Gasteiger partial charge is 0.454 e. The third-order valence-electron chi connectivity index (χ3n) is 10.3. The van der Waals surface area contributed by atoms with Crippen LogP contribution in [0.4, 0.5) is 17.1 Å². The molecule has 2 heterocycles. The molecule has 9 aromatic rings. The molecular formula is C46H32N2O2. The van der Waals surface area contributed by atoms with E-state index in [2.05, 4.69) is 140 Å². The van der Waals surface area contributed by atoms with Crippen molar-refractivity contribution in [2.75, 3.05) is 4.90 Å². The lowest BCUT2D eigenvalue weighted by Gasteiger charge is -2.30. The van der Waals surface area contributed by atoms with Gasteiger partial charge < -0.3 is 13.7 Å². The topological polar surface area (TPSA) is 42.4 Å². The van der Waals surface area contributed by atoms with E-state index < -0.39 is 0 Å². The lowest BCUT2D eigenvalue weighted by Crippen LogP contribution is -2.16. The van der Waals surface area contributed by atoms with E-state index in [1.807, 2.05) is 36.4 Å². The minimum Gasteiger partial charge on any atom is -0.454 e. The summed E-state index contributed by atoms with van der Waals surface area (Å²) in [5.41, 5.74) is 14.5. The molecule has 10 rings (SSSR count). The van der Waals surface area contributed by atoms with Crippen molar-refractivity contribution in [1.29, 1.82) is 0 Å². The van der Waals surface area contributed by atoms with E-state index in [1.165, 1.54) is 22.3 Å². The number of nitrogens with zero attached hydrogens (tertiary/aromatic N) is 2. The molecule has 0 saturated heterocycles. The van der Waals surface area contributed by atoms with Gasteiger partial charge in [-0.15, -0.1) is 0 Å². The summed E-state index contributed by atoms with van der Waals surface area (Å²) in [7, 11) is 0. The van der Waals surface area contributed by atoms with Crippen LogP contribution in [0.5, 0.6) is 0 Å². The maximum Gasteiger partial charge on any atom is 0.227 e. The van der Waals surface area contributed by atoms with Crippen LogP contribution in [-0.4, -0.2) is 4.98 Å². The van der Waals surface area contributed by atoms with Crippen molar-refractivity contribution in [3.63, 3.8) is 0 Å². The third kappa shape index (κ3) is 4.21. The number of hydrogen-bond acceptors (Lipinski definition) is 4. The second-order valence-corrected chi connectivity index (χ2v) is 13.5. The molecule has 0 aliphatic heterocycles. The number of aromatic nitrogens is 1. The number of fused-ring (bicyclic) bond motifs is 7. The third-order valence-corrected chi connectivity index (χ3v) is 10.3. The minimum atomic E-state index is -0.141. The highest BCUT2D eigenvalue weighted by Gasteiger charge is 2.38. The van der Waals surface area contributed by atoms with Gasteiger partial charge in [0.2, 0.25) is 5.89 Å². The van der Waals surface area contributed by atoms with Gasteiger partial charge >= 0.3 is 0 Å². The van der Waals surface area contributed by atoms with Gasteiger partial charge in [0.25, 0.3) is 0 Å². The maximum absolute atomic E-state index is 6.88. The Labute approximate surface area is 289 Å². The molecule has 0 unspecified atom stereocenters. The average Bonchev–Trinajstić information content (AvgIpc) is 3.82. The molecule has 1 aliphatic rings. The van der Waals surface area contributed by atoms with Crippen LogP contribution in [0.25, 0.3) is 66.7 Å². The summed E-state index contributed by atoms with van der Waals surface area (Å²) in [6.07, 6.45) is 0. The SMILES string of the molecule is CC1(C)c2ccccc2-c2c(N(c3ccccc3-c3ccccc3)c3cccc4c3oc3cc5oc(-c6ccccc6)nc5cc34)cccc21. The van der Waals surface area contributed by atoms with E-state index in [-0.39, 0.29) is 5.41 Å². The molecule has 0 spiro atoms. The van der Waals surface area contributed by atoms with Crippen molar-refractivity contribution in [3.05, 3.63) is 169 Å². The molecule has 7 aromatic carbocycles. The van der Waals surface area contributed by atoms with Gasteiger partial charge in [0.1, 0.15) is 11.1 Å². The van der Waals surface area contributed by atoms with Gasteiger partial charge in [-0.25, -0.2) is 4.98 Å². The quantitative estimate of drug-likeness (QED) is 0.187. The summed E-state index contributed by atoms with van der Waals surface area (Å²) >= 11 is 0. The van der Waals surface area contributed by atoms with E-state index in [0.717, 1.165) is 61.2 Å². The van der Waals surface area contributed by atoms with Crippen LogP contribution >= 0.6 is 0 Å². The van der Waals surface area contributed by atoms with E-state index in [4.69, 9.17) is 13.8 Å². The summed E-state index contributed by atoms with van der Waals surface area (Å²) in [5.74, 6) is 0.600. The minimum absolute atomic E-state index is 0.141. The first-order valence-electron chi connectivity index (χ1n) is 17.1. The summed E-state index contributed by atoms with van der Waals surface area (Å²) < 4.78 is 13.1. The Morgan fingerprint density at radius 2 is 1.14 bits per heavy atom. The Hall–Kier alpha value is -6.39. The lowest BCUT2D eigenvalue weighted by atomic mass is 9.82. The number of anilines is 3. The van der Waals surface area contributed by atoms with E-state index >= 15 is 0 Å². The van der Waals surface area contributed by atoms with Gasteiger partial charge in [0.05, 0.1) is 17.1 Å². The van der Waals surface area contributed by atoms with Gasteiger partial charge in [-0.3, -0.25) is 0 Å². The average molecular weight is 645 g/mol. The molecule has 4 heteroatoms. The maximum atomic E-state index is 6.88. The van der Waals surface area contributed by atoms with Crippen molar-refractivity contribution < 1.29 is 8.83 Å². The Balaban J connectivity index is 1.25. The molecule has 2 aromatic heterocycles. The van der Waals surface area contributed by atoms with Crippen LogP contribution in [0.15, 0.2) is 167 Å². The molecule has 238 valence electrons. The molecule has 0 fully saturated rings. The van der Waals surface area contributed by atoms with Crippen molar-refractivity contribution in [1.82, 2.24) is 4.98 Å². The van der Waals surface area contributed by atoms with Crippen LogP contribution in [0, 0.1) is 0 Å². The summed E-state index contributed by atoms with van der Waals surface area (Å²) in [6.45, 7) is 4.66. The summed E-state index contributed by atoms with van der Waals surface area (Å²) in [6, 6.07) is 55.4. The number of benzene rings is 7. The van der Waals surface area contributed by atoms with Gasteiger partial charge in [-0.2, -0.15) is 0 Å². The van der Waals surface area contributed by atoms with Crippen LogP contribution < -0.4 is 4.90 Å². The predicted molar refractivity (Wildman–Crippen MR) is 204 cm³/mol. The Bertz CT molecular complexity index is 2740. The van der Waals surface area contributed by atoms with E-state index in [9.17, 15) is 0 Å². The molecule has 0 amide bonds. The molecule has 0 bridgehead atoms. The van der Waals surface area contributed by atoms with Crippen molar-refractivity contribution >= 4 is 50.1 Å². The predicted octanol–water partition coefficient (Wildman–Crippen LogP) is 12.8. The zero-order chi connectivity index (χ0) is 33.4. The zero-order valence-corrected chi connectivity index (χ0v) is 27.7. The normalized spacial score (nSPS) is 13.2. The number of para-hydroxylation sites is 2. The number of rotatable bonds is 5. The smallest absolute Gasteiger partial charge is 0.227 e. The summed E-state index contributed by atoms with van der Waals surface area (Å²) in [5, 5.41) is 2.03. The Morgan fingerprint density at radius 3 is 1.96 bits per heavy atom. The fourth-order valence-electron chi connectivity index (χ4n) is 7.93. The Morgan fingerprint density at radius 1 is 0.500 bits per heavy atom. The number of oxazole rings is 1. The highest BCUT2D eigenvalue weighted by molar-refractivity contribution is 6.14. The molecular weight excluding hydrogens is 613 g/mol. The fraction of sp³-hybridized carbons (Fsp3) is 0.0652. The van der Waals surface area contributed by atoms with Crippen molar-refractivity contribution in [3.8, 4) is 33.7 Å². The van der Waals surface area contributed by atoms with Gasteiger partial charge in [-0.05, 0) is 58.7 Å². The van der Waals surface area contributed by atoms with Crippen LogP contribution in [-0.2, 0) is 5.41 Å². The number of hydrogen-bond donors (Lipinski definition) is 0. The fourth-order valence-corrected chi connectivity index (χ4v) is 7.93. The monoisotopic (exact) mass is 644 g/mol. The first-order valence-corrected chi connectivity index (χ1v) is 17.1. The van der Waals surface area contributed by atoms with Gasteiger partial charge in [0, 0.05) is 38.9 Å². The molecule has 0 N–H and O–H groups in total. The first kappa shape index (κ1) is 28.6. The standard InChI is InChI=1S/C46H32N2O2/c1-46(2)35-22-11-9-20-33(35)43-36(46)23-14-25-39(43)48(38-24-12-10-19-31(38)29-15-5-3-6-16-29)40-26-13-21-32-34-27-37-42(28-41(34)49-44(32)40)50-45(47-37)30-17-7-4-8-18-30/h3-28H,1-2H3. The van der Waals surface area contributed by atoms with Gasteiger partial charge in [-0.1, -0.05) is 129 Å². The molecule has 0 saturated carbocycles. The Kier molecular flexibility index (Phi) is 6.19. The van der Waals surface area contributed by atoms with Crippen molar-refractivity contribution in [2.24, 2.45) is 0 Å². The van der Waals surface area contributed by atoms with Crippen LogP contribution in [0.3, 0.4) is 0 Å².